The van der Waals surface area contributed by atoms with Gasteiger partial charge in [0.15, 0.2) is 0 Å². The molecule has 2 fully saturated rings. The van der Waals surface area contributed by atoms with E-state index in [0.29, 0.717) is 28.8 Å². The molecule has 0 aliphatic carbocycles. The molecular formula is C31H30Cl2N8O3. The first-order valence-corrected chi connectivity index (χ1v) is 15.1. The summed E-state index contributed by atoms with van der Waals surface area (Å²) in [4.78, 5) is 12.9. The van der Waals surface area contributed by atoms with Crippen LogP contribution in [0.15, 0.2) is 92.0 Å². The van der Waals surface area contributed by atoms with Gasteiger partial charge in [0.1, 0.15) is 50.3 Å². The summed E-state index contributed by atoms with van der Waals surface area (Å²) in [7, 11) is 0. The van der Waals surface area contributed by atoms with Gasteiger partial charge in [0, 0.05) is 48.1 Å². The van der Waals surface area contributed by atoms with Crippen LogP contribution in [0.1, 0.15) is 5.56 Å². The van der Waals surface area contributed by atoms with Crippen LogP contribution in [0.3, 0.4) is 0 Å². The van der Waals surface area contributed by atoms with Crippen LogP contribution in [0.5, 0.6) is 5.75 Å². The molecule has 0 spiro atoms. The third kappa shape index (κ3) is 6.09. The van der Waals surface area contributed by atoms with E-state index in [9.17, 15) is 0 Å². The lowest BCUT2D eigenvalue weighted by atomic mass is 10.1. The van der Waals surface area contributed by atoms with Crippen LogP contribution >= 0.6 is 23.2 Å². The highest BCUT2D eigenvalue weighted by Gasteiger charge is 2.45. The van der Waals surface area contributed by atoms with Crippen molar-refractivity contribution in [1.29, 1.82) is 0 Å². The molecule has 2 atom stereocenters. The second kappa shape index (κ2) is 12.4. The summed E-state index contributed by atoms with van der Waals surface area (Å²) < 4.78 is 22.2. The Balaban J connectivity index is 0.936. The van der Waals surface area contributed by atoms with Gasteiger partial charge in [0.2, 0.25) is 5.79 Å². The molecule has 2 aromatic heterocycles. The van der Waals surface area contributed by atoms with E-state index in [1.807, 2.05) is 18.2 Å². The van der Waals surface area contributed by atoms with E-state index in [0.717, 1.165) is 37.6 Å². The molecule has 3 aromatic carbocycles. The number of hydrogen-bond acceptors (Lipinski definition) is 9. The molecule has 0 bridgehead atoms. The predicted octanol–water partition coefficient (Wildman–Crippen LogP) is 4.84. The highest BCUT2D eigenvalue weighted by atomic mass is 35.5. The summed E-state index contributed by atoms with van der Waals surface area (Å²) in [5.74, 6) is -0.379. The zero-order chi connectivity index (χ0) is 29.9. The number of ether oxygens (including phenoxy) is 3. The van der Waals surface area contributed by atoms with Crippen molar-refractivity contribution in [2.24, 2.45) is 0 Å². The summed E-state index contributed by atoms with van der Waals surface area (Å²) in [5, 5.41) is 9.41. The molecule has 13 heteroatoms. The number of halogens is 2. The zero-order valence-corrected chi connectivity index (χ0v) is 25.3. The summed E-state index contributed by atoms with van der Waals surface area (Å²) in [6.07, 6.45) is 6.01. The number of benzene rings is 3. The molecule has 2 saturated heterocycles. The van der Waals surface area contributed by atoms with Crippen molar-refractivity contribution in [1.82, 2.24) is 29.5 Å². The Kier molecular flexibility index (Phi) is 8.09. The Labute approximate surface area is 264 Å². The summed E-state index contributed by atoms with van der Waals surface area (Å²) >= 11 is 12.7. The average Bonchev–Trinajstić information content (AvgIpc) is 3.85. The van der Waals surface area contributed by atoms with Crippen LogP contribution in [0.2, 0.25) is 10.0 Å². The summed E-state index contributed by atoms with van der Waals surface area (Å²) in [5.41, 5.74) is 4.05. The fraction of sp³-hybridized carbons (Fsp3) is 0.290. The second-order valence-corrected chi connectivity index (χ2v) is 11.5. The van der Waals surface area contributed by atoms with Gasteiger partial charge in [-0.05, 0) is 60.7 Å². The van der Waals surface area contributed by atoms with Gasteiger partial charge in [-0.1, -0.05) is 29.3 Å². The van der Waals surface area contributed by atoms with Gasteiger partial charge in [-0.3, -0.25) is 0 Å². The number of rotatable bonds is 9. The van der Waals surface area contributed by atoms with Crippen molar-refractivity contribution in [3.05, 3.63) is 108 Å². The molecule has 11 nitrogen and oxygen atoms in total. The quantitative estimate of drug-likeness (QED) is 0.226. The molecule has 4 heterocycles. The Bertz CT molecular complexity index is 1660. The Hall–Kier alpha value is -4.16. The van der Waals surface area contributed by atoms with Crippen LogP contribution in [-0.2, 0) is 21.8 Å². The van der Waals surface area contributed by atoms with Gasteiger partial charge < -0.3 is 24.0 Å². The van der Waals surface area contributed by atoms with Crippen LogP contribution in [0.25, 0.3) is 5.69 Å². The van der Waals surface area contributed by atoms with Crippen molar-refractivity contribution in [3.8, 4) is 11.4 Å². The SMILES string of the molecule is Clc1ccc([C@]2(Cn3cncn3)OC[C@@H](COc3ccc(N4CCN(c5ccc(-n6cncn6)cc5)CC4)cc3)O2)c(Cl)c1. The third-order valence-corrected chi connectivity index (χ3v) is 8.40. The van der Waals surface area contributed by atoms with Crippen LogP contribution in [-0.4, -0.2) is 75.0 Å². The number of anilines is 2. The molecule has 0 N–H and O–H groups in total. The Morgan fingerprint density at radius 1 is 0.795 bits per heavy atom. The van der Waals surface area contributed by atoms with Gasteiger partial charge in [-0.15, -0.1) is 0 Å². The van der Waals surface area contributed by atoms with E-state index in [1.165, 1.54) is 24.0 Å². The monoisotopic (exact) mass is 632 g/mol. The van der Waals surface area contributed by atoms with Crippen molar-refractivity contribution in [2.45, 2.75) is 18.4 Å². The van der Waals surface area contributed by atoms with Crippen LogP contribution < -0.4 is 14.5 Å². The highest BCUT2D eigenvalue weighted by Crippen LogP contribution is 2.40. The fourth-order valence-electron chi connectivity index (χ4n) is 5.61. The molecule has 226 valence electrons. The van der Waals surface area contributed by atoms with Crippen molar-refractivity contribution < 1.29 is 14.2 Å². The van der Waals surface area contributed by atoms with E-state index < -0.39 is 5.79 Å². The van der Waals surface area contributed by atoms with Gasteiger partial charge in [0.05, 0.1) is 17.3 Å². The van der Waals surface area contributed by atoms with E-state index in [1.54, 1.807) is 34.2 Å². The lowest BCUT2D eigenvalue weighted by Crippen LogP contribution is -2.46. The maximum Gasteiger partial charge on any atom is 0.217 e. The smallest absolute Gasteiger partial charge is 0.217 e. The standard InChI is InChI=1S/C31H30Cl2N8O3/c32-23-1-10-29(30(33)15-23)31(18-40-21-34-19-36-40)43-17-28(44-31)16-42-27-8-6-25(7-9-27)39-13-11-38(12-14-39)24-2-4-26(5-3-24)41-22-35-20-37-41/h1-10,15,19-22,28H,11-14,16-18H2/t28-,31-/m1/s1. The van der Waals surface area contributed by atoms with E-state index in [4.69, 9.17) is 37.4 Å². The minimum atomic E-state index is -1.14. The number of aromatic nitrogens is 6. The predicted molar refractivity (Wildman–Crippen MR) is 167 cm³/mol. The zero-order valence-electron chi connectivity index (χ0n) is 23.7. The molecule has 0 amide bonds. The van der Waals surface area contributed by atoms with Crippen LogP contribution in [0, 0.1) is 0 Å². The Morgan fingerprint density at radius 3 is 2.09 bits per heavy atom. The average molecular weight is 634 g/mol. The lowest BCUT2D eigenvalue weighted by Gasteiger charge is -2.37. The third-order valence-electron chi connectivity index (χ3n) is 7.85. The van der Waals surface area contributed by atoms with Crippen molar-refractivity contribution in [2.75, 3.05) is 49.2 Å². The molecule has 0 unspecified atom stereocenters. The minimum Gasteiger partial charge on any atom is -0.491 e. The first kappa shape index (κ1) is 28.6. The van der Waals surface area contributed by atoms with E-state index in [2.05, 4.69) is 66.4 Å². The number of piperazine rings is 1. The lowest BCUT2D eigenvalue weighted by molar-refractivity contribution is -0.190. The molecule has 0 saturated carbocycles. The van der Waals surface area contributed by atoms with Crippen molar-refractivity contribution >= 4 is 34.6 Å². The number of nitrogens with zero attached hydrogens (tertiary/aromatic N) is 8. The molecule has 2 aliphatic heterocycles. The van der Waals surface area contributed by atoms with Gasteiger partial charge in [0.25, 0.3) is 0 Å². The molecular weight excluding hydrogens is 603 g/mol. The first-order valence-electron chi connectivity index (χ1n) is 14.3. The Morgan fingerprint density at radius 2 is 1.45 bits per heavy atom. The fourth-order valence-corrected chi connectivity index (χ4v) is 6.16. The molecule has 0 radical (unpaired) electrons. The topological polar surface area (TPSA) is 95.6 Å². The first-order chi connectivity index (χ1) is 21.5. The van der Waals surface area contributed by atoms with E-state index in [-0.39, 0.29) is 12.6 Å². The largest absolute Gasteiger partial charge is 0.491 e. The normalized spacial score (nSPS) is 20.3. The van der Waals surface area contributed by atoms with Gasteiger partial charge >= 0.3 is 0 Å². The second-order valence-electron chi connectivity index (χ2n) is 10.7. The maximum atomic E-state index is 6.57. The summed E-state index contributed by atoms with van der Waals surface area (Å²) in [6, 6.07) is 21.9. The molecule has 2 aliphatic rings. The number of hydrogen-bond donors (Lipinski definition) is 0. The summed E-state index contributed by atoms with van der Waals surface area (Å²) in [6.45, 7) is 4.67. The molecule has 44 heavy (non-hydrogen) atoms. The van der Waals surface area contributed by atoms with E-state index >= 15 is 0 Å². The highest BCUT2D eigenvalue weighted by molar-refractivity contribution is 6.35. The maximum absolute atomic E-state index is 6.57. The van der Waals surface area contributed by atoms with Gasteiger partial charge in [-0.25, -0.2) is 19.3 Å². The minimum absolute atomic E-state index is 0.279. The van der Waals surface area contributed by atoms with Crippen LogP contribution in [0.4, 0.5) is 11.4 Å². The van der Waals surface area contributed by atoms with Gasteiger partial charge in [-0.2, -0.15) is 10.2 Å². The molecule has 5 aromatic rings. The van der Waals surface area contributed by atoms with Crippen molar-refractivity contribution in [3.63, 3.8) is 0 Å². The molecule has 7 rings (SSSR count).